The lowest BCUT2D eigenvalue weighted by Gasteiger charge is -2.40. The Morgan fingerprint density at radius 2 is 2.05 bits per heavy atom. The van der Waals surface area contributed by atoms with Crippen molar-refractivity contribution < 1.29 is 23.7 Å². The standard InChI is InChI=1S/C17H26O5/c1-10(2)6-7-12-16(3,22-12)15-14(20-5)13(18)11(19-4)8-17(15)9-21-17/h6,11-12,14-15H,7-9H2,1-5H3/t11-,12-,14-,15-,16+,17+/m1/s1. The van der Waals surface area contributed by atoms with Gasteiger partial charge in [-0.15, -0.1) is 0 Å². The molecule has 0 radical (unpaired) electrons. The maximum atomic E-state index is 12.6. The fourth-order valence-electron chi connectivity index (χ4n) is 4.00. The van der Waals surface area contributed by atoms with E-state index in [-0.39, 0.29) is 29.0 Å². The molecule has 0 N–H and O–H groups in total. The Kier molecular flexibility index (Phi) is 3.96. The highest BCUT2D eigenvalue weighted by Gasteiger charge is 2.73. The molecule has 6 atom stereocenters. The van der Waals surface area contributed by atoms with Gasteiger partial charge in [-0.1, -0.05) is 11.6 Å². The third kappa shape index (κ3) is 2.44. The van der Waals surface area contributed by atoms with Crippen molar-refractivity contribution >= 4 is 5.78 Å². The smallest absolute Gasteiger partial charge is 0.190 e. The Labute approximate surface area is 131 Å². The molecule has 2 heterocycles. The van der Waals surface area contributed by atoms with Crippen molar-refractivity contribution in [2.24, 2.45) is 5.92 Å². The molecule has 3 aliphatic rings. The van der Waals surface area contributed by atoms with E-state index in [9.17, 15) is 4.79 Å². The Balaban J connectivity index is 1.83. The number of rotatable bonds is 5. The molecule has 2 aliphatic heterocycles. The number of carbonyl (C=O) groups excluding carboxylic acids is 1. The van der Waals surface area contributed by atoms with Crippen molar-refractivity contribution in [2.45, 2.75) is 63.1 Å². The number of ketones is 1. The lowest BCUT2D eigenvalue weighted by molar-refractivity contribution is -0.157. The van der Waals surface area contributed by atoms with Crippen LogP contribution in [-0.4, -0.2) is 56.1 Å². The Morgan fingerprint density at radius 3 is 2.55 bits per heavy atom. The van der Waals surface area contributed by atoms with E-state index in [0.29, 0.717) is 13.0 Å². The summed E-state index contributed by atoms with van der Waals surface area (Å²) in [4.78, 5) is 12.6. The summed E-state index contributed by atoms with van der Waals surface area (Å²) in [5.74, 6) is -0.0618. The number of Topliss-reactive ketones (excluding diaryl/α,β-unsaturated/α-hetero) is 1. The van der Waals surface area contributed by atoms with E-state index in [1.807, 2.05) is 0 Å². The molecule has 0 aromatic rings. The minimum atomic E-state index is -0.525. The highest BCUT2D eigenvalue weighted by Crippen LogP contribution is 2.58. The summed E-state index contributed by atoms with van der Waals surface area (Å²) in [6.45, 7) is 6.89. The van der Waals surface area contributed by atoms with Crippen LogP contribution in [0.3, 0.4) is 0 Å². The van der Waals surface area contributed by atoms with Crippen molar-refractivity contribution in [3.05, 3.63) is 11.6 Å². The van der Waals surface area contributed by atoms with Gasteiger partial charge in [0, 0.05) is 20.6 Å². The minimum Gasteiger partial charge on any atom is -0.373 e. The first kappa shape index (κ1) is 16.1. The molecule has 0 unspecified atom stereocenters. The normalized spacial score (nSPS) is 46.7. The maximum absolute atomic E-state index is 12.6. The third-order valence-corrected chi connectivity index (χ3v) is 5.39. The summed E-state index contributed by atoms with van der Waals surface area (Å²) in [6, 6.07) is 0. The van der Waals surface area contributed by atoms with Crippen LogP contribution in [0.15, 0.2) is 11.6 Å². The number of epoxide rings is 2. The zero-order valence-corrected chi connectivity index (χ0v) is 14.0. The van der Waals surface area contributed by atoms with Crippen molar-refractivity contribution in [1.29, 1.82) is 0 Å². The predicted octanol–water partition coefficient (Wildman–Crippen LogP) is 1.89. The Hall–Kier alpha value is -0.750. The molecule has 1 aliphatic carbocycles. The van der Waals surface area contributed by atoms with Crippen molar-refractivity contribution in [2.75, 3.05) is 20.8 Å². The average Bonchev–Trinajstić information content (AvgIpc) is 3.37. The first-order valence-corrected chi connectivity index (χ1v) is 7.92. The third-order valence-electron chi connectivity index (χ3n) is 5.39. The monoisotopic (exact) mass is 310 g/mol. The number of ether oxygens (including phenoxy) is 4. The Bertz CT molecular complexity index is 491. The van der Waals surface area contributed by atoms with E-state index in [1.54, 1.807) is 14.2 Å². The van der Waals surface area contributed by atoms with Crippen LogP contribution in [0.2, 0.25) is 0 Å². The van der Waals surface area contributed by atoms with Crippen LogP contribution >= 0.6 is 0 Å². The number of hydrogen-bond donors (Lipinski definition) is 0. The number of hydrogen-bond acceptors (Lipinski definition) is 5. The summed E-state index contributed by atoms with van der Waals surface area (Å²) in [7, 11) is 3.15. The van der Waals surface area contributed by atoms with E-state index >= 15 is 0 Å². The zero-order valence-electron chi connectivity index (χ0n) is 14.0. The van der Waals surface area contributed by atoms with Gasteiger partial charge >= 0.3 is 0 Å². The molecule has 3 rings (SSSR count). The van der Waals surface area contributed by atoms with Crippen molar-refractivity contribution in [3.8, 4) is 0 Å². The lowest BCUT2D eigenvalue weighted by atomic mass is 9.68. The zero-order chi connectivity index (χ0) is 16.1. The number of methoxy groups -OCH3 is 2. The maximum Gasteiger partial charge on any atom is 0.190 e. The molecular weight excluding hydrogens is 284 g/mol. The quantitative estimate of drug-likeness (QED) is 0.573. The molecule has 1 spiro atoms. The van der Waals surface area contributed by atoms with Crippen LogP contribution in [0, 0.1) is 5.92 Å². The van der Waals surface area contributed by atoms with Gasteiger partial charge < -0.3 is 18.9 Å². The Morgan fingerprint density at radius 1 is 1.36 bits per heavy atom. The average molecular weight is 310 g/mol. The van der Waals surface area contributed by atoms with E-state index in [1.165, 1.54) is 5.57 Å². The van der Waals surface area contributed by atoms with E-state index in [0.717, 1.165) is 6.42 Å². The van der Waals surface area contributed by atoms with Gasteiger partial charge in [-0.05, 0) is 27.2 Å². The number of carbonyl (C=O) groups is 1. The van der Waals surface area contributed by atoms with Crippen LogP contribution in [0.4, 0.5) is 0 Å². The fraction of sp³-hybridized carbons (Fsp3) is 0.824. The van der Waals surface area contributed by atoms with E-state index < -0.39 is 12.2 Å². The second-order valence-corrected chi connectivity index (χ2v) is 7.13. The molecule has 0 aromatic heterocycles. The molecule has 0 amide bonds. The van der Waals surface area contributed by atoms with E-state index in [2.05, 4.69) is 26.8 Å². The van der Waals surface area contributed by atoms with Gasteiger partial charge in [0.1, 0.15) is 23.4 Å². The first-order valence-electron chi connectivity index (χ1n) is 7.92. The fourth-order valence-corrected chi connectivity index (χ4v) is 4.00. The molecule has 5 nitrogen and oxygen atoms in total. The van der Waals surface area contributed by atoms with E-state index in [4.69, 9.17) is 18.9 Å². The second-order valence-electron chi connectivity index (χ2n) is 7.13. The molecule has 124 valence electrons. The van der Waals surface area contributed by atoms with Gasteiger partial charge in [0.2, 0.25) is 0 Å². The lowest BCUT2D eigenvalue weighted by Crippen LogP contribution is -2.58. The van der Waals surface area contributed by atoms with Gasteiger partial charge in [-0.3, -0.25) is 4.79 Å². The topological polar surface area (TPSA) is 60.6 Å². The highest BCUT2D eigenvalue weighted by atomic mass is 16.6. The number of allylic oxidation sites excluding steroid dienone is 1. The molecular formula is C17H26O5. The largest absolute Gasteiger partial charge is 0.373 e. The van der Waals surface area contributed by atoms with Crippen LogP contribution in [0.5, 0.6) is 0 Å². The summed E-state index contributed by atoms with van der Waals surface area (Å²) in [5.41, 5.74) is 0.582. The van der Waals surface area contributed by atoms with Crippen LogP contribution in [-0.2, 0) is 23.7 Å². The predicted molar refractivity (Wildman–Crippen MR) is 80.7 cm³/mol. The molecule has 1 saturated carbocycles. The molecule has 5 heteroatoms. The van der Waals surface area contributed by atoms with Gasteiger partial charge in [-0.2, -0.15) is 0 Å². The molecule has 2 saturated heterocycles. The first-order chi connectivity index (χ1) is 10.4. The summed E-state index contributed by atoms with van der Waals surface area (Å²) in [5, 5.41) is 0. The minimum absolute atomic E-state index is 0.00816. The van der Waals surface area contributed by atoms with Gasteiger partial charge in [-0.25, -0.2) is 0 Å². The van der Waals surface area contributed by atoms with Crippen LogP contribution in [0.25, 0.3) is 0 Å². The second kappa shape index (κ2) is 5.41. The molecule has 22 heavy (non-hydrogen) atoms. The van der Waals surface area contributed by atoms with Crippen LogP contribution in [0.1, 0.15) is 33.6 Å². The van der Waals surface area contributed by atoms with Crippen molar-refractivity contribution in [3.63, 3.8) is 0 Å². The van der Waals surface area contributed by atoms with Gasteiger partial charge in [0.25, 0.3) is 0 Å². The van der Waals surface area contributed by atoms with Gasteiger partial charge in [0.05, 0.1) is 18.6 Å². The molecule has 3 fully saturated rings. The summed E-state index contributed by atoms with van der Waals surface area (Å²) >= 11 is 0. The molecule has 0 aromatic carbocycles. The highest BCUT2D eigenvalue weighted by molar-refractivity contribution is 5.89. The SMILES string of the molecule is CO[C@@H]1C(=O)[C@H](OC)C[C@]2(CO2)[C@H]1[C@@]1(C)O[C@@H]1CC=C(C)C. The van der Waals surface area contributed by atoms with Crippen LogP contribution < -0.4 is 0 Å². The summed E-state index contributed by atoms with van der Waals surface area (Å²) in [6.07, 6.45) is 2.80. The van der Waals surface area contributed by atoms with Crippen molar-refractivity contribution in [1.82, 2.24) is 0 Å². The molecule has 0 bridgehead atoms. The van der Waals surface area contributed by atoms with Gasteiger partial charge in [0.15, 0.2) is 5.78 Å². The summed E-state index contributed by atoms with van der Waals surface area (Å²) < 4.78 is 22.7.